The van der Waals surface area contributed by atoms with E-state index < -0.39 is 10.0 Å². The van der Waals surface area contributed by atoms with Crippen LogP contribution in [0.3, 0.4) is 0 Å². The fourth-order valence-electron chi connectivity index (χ4n) is 1.85. The van der Waals surface area contributed by atoms with Crippen LogP contribution in [0, 0.1) is 0 Å². The summed E-state index contributed by atoms with van der Waals surface area (Å²) in [5.41, 5.74) is 0.945. The molecule has 0 aliphatic rings. The smallest absolute Gasteiger partial charge is 0.233 e. The number of nitrogens with one attached hydrogen (secondary N) is 2. The SMILES string of the molecule is CCCCS(=O)(=O)Nc1ccc(NCc2ccccc2Cl)nn1. The number of sulfonamides is 1. The Balaban J connectivity index is 1.93. The standard InChI is InChI=1S/C15H19ClN4O2S/c1-2-3-10-23(21,22)20-15-9-8-14(18-19-15)17-11-12-6-4-5-7-13(12)16/h4-9H,2-3,10-11H2,1H3,(H,17,18)(H,19,20). The third kappa shape index (κ3) is 5.69. The molecule has 0 aliphatic heterocycles. The molecule has 2 aromatic rings. The number of hydrogen-bond donors (Lipinski definition) is 2. The number of nitrogens with zero attached hydrogens (tertiary/aromatic N) is 2. The first-order chi connectivity index (χ1) is 11.0. The van der Waals surface area contributed by atoms with Gasteiger partial charge in [-0.2, -0.15) is 0 Å². The molecule has 124 valence electrons. The van der Waals surface area contributed by atoms with Crippen LogP contribution in [0.25, 0.3) is 0 Å². The largest absolute Gasteiger partial charge is 0.364 e. The predicted octanol–water partition coefficient (Wildman–Crippen LogP) is 3.28. The highest BCUT2D eigenvalue weighted by Crippen LogP contribution is 2.16. The van der Waals surface area contributed by atoms with Crippen molar-refractivity contribution in [1.82, 2.24) is 10.2 Å². The second-order valence-corrected chi connectivity index (χ2v) is 7.27. The Bertz CT molecular complexity index is 735. The zero-order valence-electron chi connectivity index (χ0n) is 12.8. The minimum atomic E-state index is -3.36. The Hall–Kier alpha value is -1.86. The minimum absolute atomic E-state index is 0.0810. The summed E-state index contributed by atoms with van der Waals surface area (Å²) in [5.74, 6) is 0.836. The zero-order chi connectivity index (χ0) is 16.7. The van der Waals surface area contributed by atoms with Crippen LogP contribution in [0.2, 0.25) is 5.02 Å². The molecule has 0 spiro atoms. The van der Waals surface area contributed by atoms with Crippen molar-refractivity contribution < 1.29 is 8.42 Å². The molecular weight excluding hydrogens is 336 g/mol. The van der Waals surface area contributed by atoms with Gasteiger partial charge < -0.3 is 5.32 Å². The summed E-state index contributed by atoms with van der Waals surface area (Å²) in [4.78, 5) is 0. The summed E-state index contributed by atoms with van der Waals surface area (Å²) in [5, 5.41) is 11.6. The van der Waals surface area contributed by atoms with Crippen molar-refractivity contribution >= 4 is 33.3 Å². The van der Waals surface area contributed by atoms with E-state index in [2.05, 4.69) is 20.2 Å². The van der Waals surface area contributed by atoms with Crippen LogP contribution in [0.5, 0.6) is 0 Å². The van der Waals surface area contributed by atoms with E-state index in [1.807, 2.05) is 31.2 Å². The molecule has 6 nitrogen and oxygen atoms in total. The lowest BCUT2D eigenvalue weighted by atomic mass is 10.2. The minimum Gasteiger partial charge on any atom is -0.364 e. The quantitative estimate of drug-likeness (QED) is 0.760. The van der Waals surface area contributed by atoms with Crippen molar-refractivity contribution in [3.05, 3.63) is 47.0 Å². The second kappa shape index (κ2) is 8.12. The summed E-state index contributed by atoms with van der Waals surface area (Å²) in [7, 11) is -3.36. The van der Waals surface area contributed by atoms with Crippen molar-refractivity contribution in [2.75, 3.05) is 15.8 Å². The van der Waals surface area contributed by atoms with Crippen LogP contribution in [-0.4, -0.2) is 24.4 Å². The van der Waals surface area contributed by atoms with Gasteiger partial charge in [0, 0.05) is 11.6 Å². The number of anilines is 2. The van der Waals surface area contributed by atoms with Gasteiger partial charge in [-0.1, -0.05) is 43.1 Å². The van der Waals surface area contributed by atoms with E-state index in [9.17, 15) is 8.42 Å². The van der Waals surface area contributed by atoms with Gasteiger partial charge in [0.05, 0.1) is 5.75 Å². The molecule has 0 bridgehead atoms. The van der Waals surface area contributed by atoms with Gasteiger partial charge in [0.25, 0.3) is 0 Å². The van der Waals surface area contributed by atoms with E-state index in [0.717, 1.165) is 12.0 Å². The summed E-state index contributed by atoms with van der Waals surface area (Å²) in [6.45, 7) is 2.45. The molecule has 23 heavy (non-hydrogen) atoms. The van der Waals surface area contributed by atoms with Gasteiger partial charge in [-0.3, -0.25) is 4.72 Å². The van der Waals surface area contributed by atoms with Crippen LogP contribution < -0.4 is 10.0 Å². The molecule has 0 saturated carbocycles. The van der Waals surface area contributed by atoms with E-state index in [1.165, 1.54) is 0 Å². The molecule has 1 heterocycles. The molecule has 2 rings (SSSR count). The Morgan fingerprint density at radius 3 is 2.43 bits per heavy atom. The molecule has 0 aliphatic carbocycles. The van der Waals surface area contributed by atoms with Crippen molar-refractivity contribution in [1.29, 1.82) is 0 Å². The number of halogens is 1. The molecule has 8 heteroatoms. The fourth-order valence-corrected chi connectivity index (χ4v) is 3.25. The Labute approximate surface area is 141 Å². The molecular formula is C15H19ClN4O2S. The average Bonchev–Trinajstić information content (AvgIpc) is 2.53. The van der Waals surface area contributed by atoms with Crippen molar-refractivity contribution in [2.45, 2.75) is 26.3 Å². The summed E-state index contributed by atoms with van der Waals surface area (Å²) in [6.07, 6.45) is 1.43. The Kier molecular flexibility index (Phi) is 6.18. The first-order valence-corrected chi connectivity index (χ1v) is 9.34. The predicted molar refractivity (Wildman–Crippen MR) is 93.1 cm³/mol. The van der Waals surface area contributed by atoms with E-state index in [4.69, 9.17) is 11.6 Å². The summed E-state index contributed by atoms with van der Waals surface area (Å²) in [6, 6.07) is 10.7. The van der Waals surface area contributed by atoms with Gasteiger partial charge >= 0.3 is 0 Å². The van der Waals surface area contributed by atoms with Gasteiger partial charge in [0.2, 0.25) is 10.0 Å². The van der Waals surface area contributed by atoms with Gasteiger partial charge in [0.15, 0.2) is 5.82 Å². The monoisotopic (exact) mass is 354 g/mol. The van der Waals surface area contributed by atoms with E-state index in [1.54, 1.807) is 12.1 Å². The van der Waals surface area contributed by atoms with Gasteiger partial charge in [-0.25, -0.2) is 8.42 Å². The van der Waals surface area contributed by atoms with Crippen molar-refractivity contribution in [3.8, 4) is 0 Å². The second-order valence-electron chi connectivity index (χ2n) is 5.02. The molecule has 0 saturated heterocycles. The van der Waals surface area contributed by atoms with Gasteiger partial charge in [-0.15, -0.1) is 10.2 Å². The van der Waals surface area contributed by atoms with E-state index in [-0.39, 0.29) is 11.6 Å². The van der Waals surface area contributed by atoms with Crippen LogP contribution >= 0.6 is 11.6 Å². The Morgan fingerprint density at radius 2 is 1.78 bits per heavy atom. The maximum Gasteiger partial charge on any atom is 0.233 e. The number of rotatable bonds is 8. The lowest BCUT2D eigenvalue weighted by Gasteiger charge is -2.08. The molecule has 0 amide bonds. The van der Waals surface area contributed by atoms with Gasteiger partial charge in [-0.05, 0) is 30.2 Å². The Morgan fingerprint density at radius 1 is 1.09 bits per heavy atom. The number of aromatic nitrogens is 2. The van der Waals surface area contributed by atoms with E-state index >= 15 is 0 Å². The molecule has 2 N–H and O–H groups in total. The molecule has 0 fully saturated rings. The fraction of sp³-hybridized carbons (Fsp3) is 0.333. The van der Waals surface area contributed by atoms with Gasteiger partial charge in [0.1, 0.15) is 5.82 Å². The zero-order valence-corrected chi connectivity index (χ0v) is 14.4. The maximum atomic E-state index is 11.8. The normalized spacial score (nSPS) is 11.2. The highest BCUT2D eigenvalue weighted by Gasteiger charge is 2.10. The lowest BCUT2D eigenvalue weighted by Crippen LogP contribution is -2.17. The van der Waals surface area contributed by atoms with Crippen LogP contribution in [0.1, 0.15) is 25.3 Å². The topological polar surface area (TPSA) is 84.0 Å². The highest BCUT2D eigenvalue weighted by atomic mass is 35.5. The average molecular weight is 355 g/mol. The van der Waals surface area contributed by atoms with E-state index in [0.29, 0.717) is 23.8 Å². The third-order valence-electron chi connectivity index (χ3n) is 3.11. The lowest BCUT2D eigenvalue weighted by molar-refractivity contribution is 0.597. The van der Waals surface area contributed by atoms with Crippen molar-refractivity contribution in [3.63, 3.8) is 0 Å². The number of unbranched alkanes of at least 4 members (excludes halogenated alkanes) is 1. The summed E-state index contributed by atoms with van der Waals surface area (Å²) >= 11 is 6.08. The highest BCUT2D eigenvalue weighted by molar-refractivity contribution is 7.92. The molecule has 0 radical (unpaired) electrons. The molecule has 0 atom stereocenters. The number of benzene rings is 1. The van der Waals surface area contributed by atoms with Crippen LogP contribution in [0.15, 0.2) is 36.4 Å². The van der Waals surface area contributed by atoms with Crippen LogP contribution in [-0.2, 0) is 16.6 Å². The van der Waals surface area contributed by atoms with Crippen LogP contribution in [0.4, 0.5) is 11.6 Å². The first-order valence-electron chi connectivity index (χ1n) is 7.31. The molecule has 1 aromatic heterocycles. The maximum absolute atomic E-state index is 11.8. The van der Waals surface area contributed by atoms with Crippen molar-refractivity contribution in [2.24, 2.45) is 0 Å². The molecule has 1 aromatic carbocycles. The third-order valence-corrected chi connectivity index (χ3v) is 4.82. The molecule has 0 unspecified atom stereocenters. The summed E-state index contributed by atoms with van der Waals surface area (Å²) < 4.78 is 26.0. The first kappa shape index (κ1) is 17.5. The number of hydrogen-bond acceptors (Lipinski definition) is 5.